The molecule has 0 aromatic carbocycles. The van der Waals surface area contributed by atoms with Gasteiger partial charge in [-0.15, -0.1) is 10.2 Å². The van der Waals surface area contributed by atoms with Gasteiger partial charge >= 0.3 is 5.97 Å². The number of aliphatic carboxylic acids is 1. The molecule has 0 atom stereocenters. The molecular formula is C10H14N4O3S. The lowest BCUT2D eigenvalue weighted by Crippen LogP contribution is -2.26. The number of hydrogen-bond acceptors (Lipinski definition) is 5. The Kier molecular flexibility index (Phi) is 4.19. The van der Waals surface area contributed by atoms with Crippen LogP contribution in [0.4, 0.5) is 0 Å². The molecule has 0 radical (unpaired) electrons. The lowest BCUT2D eigenvalue weighted by molar-refractivity contribution is -0.134. The molecule has 0 bridgehead atoms. The Morgan fingerprint density at radius 3 is 3.00 bits per heavy atom. The third-order valence-corrected chi connectivity index (χ3v) is 3.39. The summed E-state index contributed by atoms with van der Waals surface area (Å²) in [5.74, 6) is -0.950. The molecule has 0 saturated heterocycles. The fraction of sp³-hybridized carbons (Fsp3) is 0.600. The second-order valence-corrected chi connectivity index (χ2v) is 5.02. The van der Waals surface area contributed by atoms with Crippen molar-refractivity contribution < 1.29 is 14.7 Å². The van der Waals surface area contributed by atoms with E-state index in [1.165, 1.54) is 6.33 Å². The summed E-state index contributed by atoms with van der Waals surface area (Å²) < 4.78 is 1.69. The number of nitrogens with one attached hydrogen (secondary N) is 1. The van der Waals surface area contributed by atoms with Gasteiger partial charge in [-0.25, -0.2) is 0 Å². The summed E-state index contributed by atoms with van der Waals surface area (Å²) in [7, 11) is 0. The topological polar surface area (TPSA) is 97.1 Å². The number of rotatable bonds is 7. The molecule has 0 aliphatic heterocycles. The van der Waals surface area contributed by atoms with Crippen molar-refractivity contribution in [3.8, 4) is 0 Å². The second kappa shape index (κ2) is 5.85. The predicted molar refractivity (Wildman–Crippen MR) is 64.2 cm³/mol. The van der Waals surface area contributed by atoms with E-state index >= 15 is 0 Å². The van der Waals surface area contributed by atoms with Crippen molar-refractivity contribution in [2.24, 2.45) is 0 Å². The van der Waals surface area contributed by atoms with Crippen LogP contribution in [0.2, 0.25) is 0 Å². The summed E-state index contributed by atoms with van der Waals surface area (Å²) in [6, 6.07) is 0.360. The Balaban J connectivity index is 1.78. The zero-order chi connectivity index (χ0) is 13.0. The SMILES string of the molecule is O=C(O)CSc1nncn1CCC(=O)NC1CC1. The van der Waals surface area contributed by atoms with Crippen LogP contribution in [-0.4, -0.2) is 43.5 Å². The van der Waals surface area contributed by atoms with E-state index in [2.05, 4.69) is 15.5 Å². The lowest BCUT2D eigenvalue weighted by atomic mass is 10.4. The molecule has 0 unspecified atom stereocenters. The average molecular weight is 270 g/mol. The van der Waals surface area contributed by atoms with Crippen molar-refractivity contribution in [3.05, 3.63) is 6.33 Å². The highest BCUT2D eigenvalue weighted by molar-refractivity contribution is 7.99. The summed E-state index contributed by atoms with van der Waals surface area (Å²) >= 11 is 1.10. The number of thioether (sulfide) groups is 1. The lowest BCUT2D eigenvalue weighted by Gasteiger charge is -2.05. The summed E-state index contributed by atoms with van der Waals surface area (Å²) in [4.78, 5) is 22.0. The minimum atomic E-state index is -0.902. The highest BCUT2D eigenvalue weighted by Gasteiger charge is 2.23. The van der Waals surface area contributed by atoms with Gasteiger partial charge in [0.15, 0.2) is 5.16 Å². The first kappa shape index (κ1) is 12.9. The molecule has 1 aromatic rings. The van der Waals surface area contributed by atoms with Crippen LogP contribution in [0.1, 0.15) is 19.3 Å². The number of carbonyl (C=O) groups excluding carboxylic acids is 1. The van der Waals surface area contributed by atoms with Crippen LogP contribution >= 0.6 is 11.8 Å². The monoisotopic (exact) mass is 270 g/mol. The number of carboxylic acid groups (broad SMARTS) is 1. The van der Waals surface area contributed by atoms with E-state index in [9.17, 15) is 9.59 Å². The van der Waals surface area contributed by atoms with Crippen molar-refractivity contribution >= 4 is 23.6 Å². The Morgan fingerprint density at radius 1 is 1.56 bits per heavy atom. The first-order valence-corrected chi connectivity index (χ1v) is 6.65. The van der Waals surface area contributed by atoms with Gasteiger partial charge in [0.05, 0.1) is 5.75 Å². The summed E-state index contributed by atoms with van der Waals surface area (Å²) in [5.41, 5.74) is 0. The average Bonchev–Trinajstić information content (AvgIpc) is 3.01. The number of hydrogen-bond donors (Lipinski definition) is 2. The summed E-state index contributed by atoms with van der Waals surface area (Å²) in [5, 5.41) is 19.5. The largest absolute Gasteiger partial charge is 0.481 e. The van der Waals surface area contributed by atoms with Gasteiger partial charge in [0, 0.05) is 19.0 Å². The molecule has 7 nitrogen and oxygen atoms in total. The summed E-state index contributed by atoms with van der Waals surface area (Å²) in [6.45, 7) is 0.466. The van der Waals surface area contributed by atoms with Crippen LogP contribution < -0.4 is 5.32 Å². The molecule has 2 N–H and O–H groups in total. The van der Waals surface area contributed by atoms with E-state index in [1.54, 1.807) is 4.57 Å². The highest BCUT2D eigenvalue weighted by atomic mass is 32.2. The van der Waals surface area contributed by atoms with Gasteiger partial charge in [-0.3, -0.25) is 9.59 Å². The van der Waals surface area contributed by atoms with Crippen LogP contribution in [0.15, 0.2) is 11.5 Å². The van der Waals surface area contributed by atoms with Gasteiger partial charge in [-0.05, 0) is 12.8 Å². The van der Waals surface area contributed by atoms with Gasteiger partial charge in [0.2, 0.25) is 5.91 Å². The maximum atomic E-state index is 11.5. The first-order valence-electron chi connectivity index (χ1n) is 5.67. The molecular weight excluding hydrogens is 256 g/mol. The Bertz CT molecular complexity index is 444. The molecule has 0 spiro atoms. The van der Waals surface area contributed by atoms with E-state index in [0.717, 1.165) is 24.6 Å². The van der Waals surface area contributed by atoms with E-state index < -0.39 is 5.97 Å². The fourth-order valence-electron chi connectivity index (χ4n) is 1.39. The minimum Gasteiger partial charge on any atom is -0.481 e. The molecule has 8 heteroatoms. The molecule has 1 heterocycles. The molecule has 1 amide bonds. The third kappa shape index (κ3) is 4.02. The molecule has 1 aliphatic carbocycles. The predicted octanol–water partition coefficient (Wildman–Crippen LogP) is 0.123. The second-order valence-electron chi connectivity index (χ2n) is 4.08. The van der Waals surface area contributed by atoms with Crippen LogP contribution in [0.3, 0.4) is 0 Å². The van der Waals surface area contributed by atoms with Gasteiger partial charge in [-0.2, -0.15) is 0 Å². The van der Waals surface area contributed by atoms with Gasteiger partial charge in [-0.1, -0.05) is 11.8 Å². The highest BCUT2D eigenvalue weighted by Crippen LogP contribution is 2.19. The van der Waals surface area contributed by atoms with Gasteiger partial charge < -0.3 is 15.0 Å². The van der Waals surface area contributed by atoms with E-state index in [0.29, 0.717) is 24.2 Å². The van der Waals surface area contributed by atoms with Crippen molar-refractivity contribution in [3.63, 3.8) is 0 Å². The molecule has 1 fully saturated rings. The zero-order valence-corrected chi connectivity index (χ0v) is 10.5. The van der Waals surface area contributed by atoms with Crippen molar-refractivity contribution in [1.82, 2.24) is 20.1 Å². The Morgan fingerprint density at radius 2 is 2.33 bits per heavy atom. The first-order chi connectivity index (χ1) is 8.65. The van der Waals surface area contributed by atoms with Crippen LogP contribution in [0.5, 0.6) is 0 Å². The Labute approximate surface area is 108 Å². The number of carboxylic acids is 1. The number of amides is 1. The number of carbonyl (C=O) groups is 2. The van der Waals surface area contributed by atoms with Crippen molar-refractivity contribution in [2.45, 2.75) is 37.0 Å². The van der Waals surface area contributed by atoms with Crippen molar-refractivity contribution in [2.75, 3.05) is 5.75 Å². The normalized spacial score (nSPS) is 14.4. The minimum absolute atomic E-state index is 0.0142. The smallest absolute Gasteiger partial charge is 0.313 e. The van der Waals surface area contributed by atoms with Crippen molar-refractivity contribution in [1.29, 1.82) is 0 Å². The fourth-order valence-corrected chi connectivity index (χ4v) is 2.05. The number of aromatic nitrogens is 3. The standard InChI is InChI=1S/C10H14N4O3S/c15-8(12-7-1-2-7)3-4-14-6-11-13-10(14)18-5-9(16)17/h6-7H,1-5H2,(H,12,15)(H,16,17). The van der Waals surface area contributed by atoms with Gasteiger partial charge in [0.25, 0.3) is 0 Å². The molecule has 1 aromatic heterocycles. The van der Waals surface area contributed by atoms with E-state index in [-0.39, 0.29) is 11.7 Å². The Hall–Kier alpha value is -1.57. The summed E-state index contributed by atoms with van der Waals surface area (Å²) in [6.07, 6.45) is 4.00. The quantitative estimate of drug-likeness (QED) is 0.683. The molecule has 1 saturated carbocycles. The zero-order valence-electron chi connectivity index (χ0n) is 9.70. The maximum Gasteiger partial charge on any atom is 0.313 e. The maximum absolute atomic E-state index is 11.5. The molecule has 1 aliphatic rings. The molecule has 2 rings (SSSR count). The number of nitrogens with zero attached hydrogens (tertiary/aromatic N) is 3. The van der Waals surface area contributed by atoms with Crippen LogP contribution in [0.25, 0.3) is 0 Å². The van der Waals surface area contributed by atoms with E-state index in [1.807, 2.05) is 0 Å². The molecule has 98 valence electrons. The molecule has 18 heavy (non-hydrogen) atoms. The number of aryl methyl sites for hydroxylation is 1. The van der Waals surface area contributed by atoms with Gasteiger partial charge in [0.1, 0.15) is 6.33 Å². The van der Waals surface area contributed by atoms with E-state index in [4.69, 9.17) is 5.11 Å². The van der Waals surface area contributed by atoms with Crippen LogP contribution in [0, 0.1) is 0 Å². The third-order valence-electron chi connectivity index (χ3n) is 2.43. The van der Waals surface area contributed by atoms with Crippen LogP contribution in [-0.2, 0) is 16.1 Å².